The summed E-state index contributed by atoms with van der Waals surface area (Å²) in [6.07, 6.45) is 0. The molecule has 2 aromatic heterocycles. The zero-order valence-corrected chi connectivity index (χ0v) is 31.7. The second-order valence-corrected chi connectivity index (χ2v) is 14.5. The Morgan fingerprint density at radius 3 is 1.76 bits per heavy atom. The van der Waals surface area contributed by atoms with Crippen molar-refractivity contribution in [1.29, 1.82) is 0 Å². The first-order valence-corrected chi connectivity index (χ1v) is 19.8. The fourth-order valence-corrected chi connectivity index (χ4v) is 8.70. The molecule has 0 N–H and O–H groups in total. The summed E-state index contributed by atoms with van der Waals surface area (Å²) in [4.78, 5) is 4.91. The van der Waals surface area contributed by atoms with E-state index in [2.05, 4.69) is 216 Å². The molecule has 0 aliphatic carbocycles. The van der Waals surface area contributed by atoms with Crippen molar-refractivity contribution in [2.75, 3.05) is 4.90 Å². The Bertz CT molecular complexity index is 2880. The van der Waals surface area contributed by atoms with Gasteiger partial charge in [-0.25, -0.2) is 0 Å². The minimum Gasteiger partial charge on any atom is -0.310 e. The highest BCUT2D eigenvalue weighted by Crippen LogP contribution is 2.41. The molecular weight excluding hydrogens is 685 g/mol. The number of rotatable bonds is 7. The van der Waals surface area contributed by atoms with Gasteiger partial charge in [-0.1, -0.05) is 147 Å². The summed E-state index contributed by atoms with van der Waals surface area (Å²) in [5.74, 6) is 0. The van der Waals surface area contributed by atoms with Crippen molar-refractivity contribution in [2.24, 2.45) is 0 Å². The van der Waals surface area contributed by atoms with Crippen LogP contribution in [0.15, 0.2) is 206 Å². The van der Waals surface area contributed by atoms with Gasteiger partial charge in [0.15, 0.2) is 0 Å². The van der Waals surface area contributed by atoms with Crippen molar-refractivity contribution in [3.63, 3.8) is 0 Å². The number of hydrogen-bond donors (Lipinski definition) is 0. The Labute approximate surface area is 326 Å². The third-order valence-electron chi connectivity index (χ3n) is 10.2. The Morgan fingerprint density at radius 1 is 0.382 bits per heavy atom. The van der Waals surface area contributed by atoms with Gasteiger partial charge in [-0.2, -0.15) is 0 Å². The number of hydrogen-bond acceptors (Lipinski definition) is 2. The normalized spacial score (nSPS) is 11.1. The van der Waals surface area contributed by atoms with E-state index in [1.807, 2.05) is 25.2 Å². The quantitative estimate of drug-likeness (QED) is 0.159. The van der Waals surface area contributed by atoms with E-state index in [0.717, 1.165) is 22.7 Å². The lowest BCUT2D eigenvalue weighted by molar-refractivity contribution is 1.18. The van der Waals surface area contributed by atoms with E-state index in [1.165, 1.54) is 64.6 Å². The van der Waals surface area contributed by atoms with E-state index < -0.39 is 0 Å². The van der Waals surface area contributed by atoms with E-state index in [4.69, 9.17) is 0 Å². The maximum Gasteiger partial charge on any atom is 0.0541 e. The molecule has 8 aromatic carbocycles. The number of benzene rings is 8. The van der Waals surface area contributed by atoms with Crippen LogP contribution in [0.2, 0.25) is 0 Å². The van der Waals surface area contributed by atoms with Crippen molar-refractivity contribution in [3.8, 4) is 37.7 Å². The molecule has 0 unspecified atom stereocenters. The highest BCUT2D eigenvalue weighted by atomic mass is 32.1. The number of aromatic nitrogens is 1. The van der Waals surface area contributed by atoms with Crippen molar-refractivity contribution >= 4 is 61.0 Å². The van der Waals surface area contributed by atoms with Gasteiger partial charge < -0.3 is 9.47 Å². The van der Waals surface area contributed by atoms with Gasteiger partial charge in [-0.15, -0.1) is 11.3 Å². The smallest absolute Gasteiger partial charge is 0.0541 e. The van der Waals surface area contributed by atoms with Gasteiger partial charge in [0.2, 0.25) is 0 Å². The first kappa shape index (κ1) is 34.1. The van der Waals surface area contributed by atoms with E-state index in [-0.39, 0.29) is 0 Å². The van der Waals surface area contributed by atoms with Crippen LogP contribution in [0.5, 0.6) is 0 Å². The summed E-state index contributed by atoms with van der Waals surface area (Å²) in [7, 11) is 0. The van der Waals surface area contributed by atoms with Gasteiger partial charge in [0.05, 0.1) is 16.7 Å². The van der Waals surface area contributed by atoms with Crippen LogP contribution in [-0.4, -0.2) is 4.57 Å². The fourth-order valence-electron chi connectivity index (χ4n) is 7.69. The topological polar surface area (TPSA) is 8.17 Å². The second-order valence-electron chi connectivity index (χ2n) is 13.4. The summed E-state index contributed by atoms with van der Waals surface area (Å²) in [6.45, 7) is 4.00. The summed E-state index contributed by atoms with van der Waals surface area (Å²) in [6, 6.07) is 74.5. The second kappa shape index (κ2) is 15.0. The molecule has 0 amide bonds. The molecule has 0 radical (unpaired) electrons. The van der Waals surface area contributed by atoms with Gasteiger partial charge in [0.25, 0.3) is 0 Å². The first-order valence-electron chi connectivity index (χ1n) is 19.0. The number of thiophene rings is 1. The van der Waals surface area contributed by atoms with Crippen LogP contribution < -0.4 is 4.90 Å². The van der Waals surface area contributed by atoms with Gasteiger partial charge in [-0.3, -0.25) is 0 Å². The van der Waals surface area contributed by atoms with Crippen molar-refractivity contribution < 1.29 is 0 Å². The Hall–Kier alpha value is -6.68. The van der Waals surface area contributed by atoms with Crippen LogP contribution in [-0.2, 0) is 0 Å². The molecule has 0 atom stereocenters. The Kier molecular flexibility index (Phi) is 9.29. The molecule has 0 bridgehead atoms. The van der Waals surface area contributed by atoms with Crippen LogP contribution in [0.3, 0.4) is 0 Å². The Balaban J connectivity index is 0.00000195. The van der Waals surface area contributed by atoms with Gasteiger partial charge >= 0.3 is 0 Å². The molecule has 10 aromatic rings. The molecule has 264 valence electrons. The molecule has 0 aliphatic rings. The van der Waals surface area contributed by atoms with E-state index in [1.54, 1.807) is 0 Å². The van der Waals surface area contributed by atoms with Gasteiger partial charge in [0.1, 0.15) is 0 Å². The third-order valence-corrected chi connectivity index (χ3v) is 11.4. The summed E-state index contributed by atoms with van der Waals surface area (Å²) < 4.78 is 2.41. The number of nitrogens with zero attached hydrogens (tertiary/aromatic N) is 2. The lowest BCUT2D eigenvalue weighted by Crippen LogP contribution is -2.10. The zero-order valence-electron chi connectivity index (χ0n) is 30.9. The molecule has 0 aliphatic heterocycles. The van der Waals surface area contributed by atoms with Crippen LogP contribution >= 0.6 is 11.3 Å². The zero-order chi connectivity index (χ0) is 37.1. The van der Waals surface area contributed by atoms with Crippen LogP contribution in [0.4, 0.5) is 17.1 Å². The molecule has 10 rings (SSSR count). The minimum absolute atomic E-state index is 1.12. The molecule has 0 saturated carbocycles. The highest BCUT2D eigenvalue weighted by molar-refractivity contribution is 7.18. The van der Waals surface area contributed by atoms with Gasteiger partial charge in [0, 0.05) is 43.0 Å². The molecule has 0 saturated heterocycles. The lowest BCUT2D eigenvalue weighted by atomic mass is 10.0. The molecule has 3 heteroatoms. The third kappa shape index (κ3) is 6.39. The van der Waals surface area contributed by atoms with E-state index in [0.29, 0.717) is 0 Å². The maximum atomic E-state index is 2.41. The van der Waals surface area contributed by atoms with Crippen molar-refractivity contribution in [1.82, 2.24) is 4.57 Å². The molecule has 55 heavy (non-hydrogen) atoms. The molecule has 0 fully saturated rings. The van der Waals surface area contributed by atoms with Crippen molar-refractivity contribution in [3.05, 3.63) is 206 Å². The first-order chi connectivity index (χ1) is 27.3. The molecule has 2 nitrogen and oxygen atoms in total. The summed E-state index contributed by atoms with van der Waals surface area (Å²) >= 11 is 1.84. The number of para-hydroxylation sites is 2. The summed E-state index contributed by atoms with van der Waals surface area (Å²) in [5, 5.41) is 4.95. The lowest BCUT2D eigenvalue weighted by Gasteiger charge is -2.27. The van der Waals surface area contributed by atoms with Gasteiger partial charge in [-0.05, 0) is 100 Å². The minimum atomic E-state index is 1.12. The van der Waals surface area contributed by atoms with Crippen LogP contribution in [0.25, 0.3) is 70.3 Å². The highest BCUT2D eigenvalue weighted by Gasteiger charge is 2.17. The predicted molar refractivity (Wildman–Crippen MR) is 239 cm³/mol. The van der Waals surface area contributed by atoms with E-state index >= 15 is 0 Å². The monoisotopic (exact) mass is 724 g/mol. The van der Waals surface area contributed by atoms with Crippen molar-refractivity contribution in [2.45, 2.75) is 13.8 Å². The largest absolute Gasteiger partial charge is 0.310 e. The number of fused-ring (bicyclic) bond motifs is 4. The maximum absolute atomic E-state index is 2.41. The molecule has 0 spiro atoms. The van der Waals surface area contributed by atoms with E-state index in [9.17, 15) is 0 Å². The molecule has 2 heterocycles. The standard InChI is InChI=1S/C50H34N2S.C2H6/c1-3-14-37(15-4-1)49-31-32-50(53-49)39-17-11-20-42(33-39)52-47-23-10-9-22-44(47)45-34-38(27-30-48(45)52)35-25-28-41(29-26-35)51(40-18-5-2-6-19-40)46-24-12-16-36-13-7-8-21-43(36)46;1-2/h1-34H;1-2H3. The Morgan fingerprint density at radius 2 is 0.964 bits per heavy atom. The average molecular weight is 725 g/mol. The predicted octanol–water partition coefficient (Wildman–Crippen LogP) is 15.5. The number of anilines is 3. The SMILES string of the molecule is CC.c1ccc(-c2ccc(-c3cccc(-n4c5ccccc5c5cc(-c6ccc(N(c7ccccc7)c7cccc8ccccc78)cc6)ccc54)c3)s2)cc1. The van der Waals surface area contributed by atoms with Crippen LogP contribution in [0.1, 0.15) is 13.8 Å². The molecular formula is C52H40N2S. The summed E-state index contributed by atoms with van der Waals surface area (Å²) in [5.41, 5.74) is 11.8. The fraction of sp³-hybridized carbons (Fsp3) is 0.0385. The average Bonchev–Trinajstić information content (AvgIpc) is 3.90. The van der Waals surface area contributed by atoms with Crippen LogP contribution in [0, 0.1) is 0 Å².